The molecule has 2 rings (SSSR count). The molecule has 4 nitrogen and oxygen atoms in total. The Balaban J connectivity index is 2.88. The summed E-state index contributed by atoms with van der Waals surface area (Å²) in [4.78, 5) is 16.7. The molecule has 90 valence electrons. The first kappa shape index (κ1) is 12.1. The average Bonchev–Trinajstić information content (AvgIpc) is 2.27. The van der Waals surface area contributed by atoms with Crippen molar-refractivity contribution in [3.05, 3.63) is 39.4 Å². The Bertz CT molecular complexity index is 619. The molecule has 1 aromatic carbocycles. The third-order valence-electron chi connectivity index (χ3n) is 2.64. The minimum atomic E-state index is -0.0675. The van der Waals surface area contributed by atoms with Gasteiger partial charge in [-0.15, -0.1) is 0 Å². The van der Waals surface area contributed by atoms with Gasteiger partial charge >= 0.3 is 0 Å². The SMILES string of the molecule is CC(C)n1c(CN)nc2cc(Cl)ccc2c1=O. The van der Waals surface area contributed by atoms with E-state index >= 15 is 0 Å². The molecule has 2 aromatic rings. The Hall–Kier alpha value is -1.39. The second kappa shape index (κ2) is 4.47. The number of benzene rings is 1. The maximum Gasteiger partial charge on any atom is 0.261 e. The van der Waals surface area contributed by atoms with Crippen LogP contribution in [0.25, 0.3) is 10.9 Å². The molecule has 0 saturated carbocycles. The molecule has 0 unspecified atom stereocenters. The zero-order valence-corrected chi connectivity index (χ0v) is 10.5. The number of aromatic nitrogens is 2. The lowest BCUT2D eigenvalue weighted by Crippen LogP contribution is -2.28. The number of nitrogens with zero attached hydrogens (tertiary/aromatic N) is 2. The molecule has 1 aromatic heterocycles. The Morgan fingerprint density at radius 3 is 2.76 bits per heavy atom. The highest BCUT2D eigenvalue weighted by molar-refractivity contribution is 6.31. The summed E-state index contributed by atoms with van der Waals surface area (Å²) in [5, 5.41) is 1.13. The molecule has 0 amide bonds. The van der Waals surface area contributed by atoms with Gasteiger partial charge in [-0.05, 0) is 32.0 Å². The summed E-state index contributed by atoms with van der Waals surface area (Å²) in [6.45, 7) is 4.10. The number of halogens is 1. The van der Waals surface area contributed by atoms with Gasteiger partial charge in [0.25, 0.3) is 5.56 Å². The Morgan fingerprint density at radius 1 is 1.47 bits per heavy atom. The van der Waals surface area contributed by atoms with Gasteiger partial charge < -0.3 is 5.73 Å². The molecule has 5 heteroatoms. The van der Waals surface area contributed by atoms with Crippen LogP contribution in [0.3, 0.4) is 0 Å². The van der Waals surface area contributed by atoms with Crippen LogP contribution in [0, 0.1) is 0 Å². The lowest BCUT2D eigenvalue weighted by molar-refractivity contribution is 0.541. The minimum absolute atomic E-state index is 0.0358. The van der Waals surface area contributed by atoms with Crippen molar-refractivity contribution in [1.82, 2.24) is 9.55 Å². The molecule has 0 atom stereocenters. The predicted octanol–water partition coefficient (Wildman–Crippen LogP) is 2.09. The molecule has 17 heavy (non-hydrogen) atoms. The average molecular weight is 252 g/mol. The maximum absolute atomic E-state index is 12.3. The van der Waals surface area contributed by atoms with E-state index in [0.717, 1.165) is 0 Å². The van der Waals surface area contributed by atoms with E-state index in [9.17, 15) is 4.79 Å². The Labute approximate surface area is 104 Å². The van der Waals surface area contributed by atoms with E-state index in [-0.39, 0.29) is 18.1 Å². The van der Waals surface area contributed by atoms with E-state index in [2.05, 4.69) is 4.98 Å². The Morgan fingerprint density at radius 2 is 2.18 bits per heavy atom. The number of nitrogens with two attached hydrogens (primary N) is 1. The fourth-order valence-electron chi connectivity index (χ4n) is 1.89. The summed E-state index contributed by atoms with van der Waals surface area (Å²) in [6, 6.07) is 5.11. The summed E-state index contributed by atoms with van der Waals surface area (Å²) >= 11 is 5.89. The summed E-state index contributed by atoms with van der Waals surface area (Å²) in [6.07, 6.45) is 0. The van der Waals surface area contributed by atoms with E-state index in [4.69, 9.17) is 17.3 Å². The van der Waals surface area contributed by atoms with Crippen molar-refractivity contribution in [3.63, 3.8) is 0 Å². The van der Waals surface area contributed by atoms with E-state index in [1.807, 2.05) is 13.8 Å². The van der Waals surface area contributed by atoms with Crippen LogP contribution in [0.4, 0.5) is 0 Å². The molecule has 1 heterocycles. The van der Waals surface area contributed by atoms with Crippen LogP contribution in [0.5, 0.6) is 0 Å². The third-order valence-corrected chi connectivity index (χ3v) is 2.87. The first-order valence-electron chi connectivity index (χ1n) is 5.45. The van der Waals surface area contributed by atoms with E-state index in [1.54, 1.807) is 22.8 Å². The van der Waals surface area contributed by atoms with Crippen molar-refractivity contribution in [2.45, 2.75) is 26.4 Å². The number of hydrogen-bond acceptors (Lipinski definition) is 3. The zero-order valence-electron chi connectivity index (χ0n) is 9.77. The van der Waals surface area contributed by atoms with Gasteiger partial charge in [0.1, 0.15) is 5.82 Å². The first-order valence-corrected chi connectivity index (χ1v) is 5.83. The van der Waals surface area contributed by atoms with Crippen LogP contribution < -0.4 is 11.3 Å². The highest BCUT2D eigenvalue weighted by Gasteiger charge is 2.12. The first-order chi connectivity index (χ1) is 8.04. The minimum Gasteiger partial charge on any atom is -0.324 e. The van der Waals surface area contributed by atoms with E-state index in [1.165, 1.54) is 0 Å². The molecular weight excluding hydrogens is 238 g/mol. The molecule has 0 radical (unpaired) electrons. The standard InChI is InChI=1S/C12H14ClN3O/c1-7(2)16-11(6-14)15-10-5-8(13)3-4-9(10)12(16)17/h3-5,7H,6,14H2,1-2H3. The van der Waals surface area contributed by atoms with Crippen molar-refractivity contribution in [2.75, 3.05) is 0 Å². The summed E-state index contributed by atoms with van der Waals surface area (Å²) < 4.78 is 1.62. The smallest absolute Gasteiger partial charge is 0.261 e. The number of hydrogen-bond donors (Lipinski definition) is 1. The Kier molecular flexibility index (Phi) is 3.17. The molecule has 0 aliphatic carbocycles. The molecule has 0 bridgehead atoms. The quantitative estimate of drug-likeness (QED) is 0.889. The van der Waals surface area contributed by atoms with Crippen molar-refractivity contribution in [2.24, 2.45) is 5.73 Å². The summed E-state index contributed by atoms with van der Waals surface area (Å²) in [7, 11) is 0. The summed E-state index contributed by atoms with van der Waals surface area (Å²) in [5.74, 6) is 0.583. The van der Waals surface area contributed by atoms with Gasteiger partial charge in [0.05, 0.1) is 17.4 Å². The molecule has 0 saturated heterocycles. The van der Waals surface area contributed by atoms with Crippen LogP contribution in [-0.4, -0.2) is 9.55 Å². The highest BCUT2D eigenvalue weighted by atomic mass is 35.5. The molecule has 0 aliphatic heterocycles. The normalized spacial score (nSPS) is 11.4. The maximum atomic E-state index is 12.3. The molecule has 0 spiro atoms. The van der Waals surface area contributed by atoms with Gasteiger partial charge in [-0.3, -0.25) is 9.36 Å². The number of rotatable bonds is 2. The lowest BCUT2D eigenvalue weighted by atomic mass is 10.2. The van der Waals surface area contributed by atoms with Crippen molar-refractivity contribution in [3.8, 4) is 0 Å². The fourth-order valence-corrected chi connectivity index (χ4v) is 2.06. The van der Waals surface area contributed by atoms with E-state index < -0.39 is 0 Å². The largest absolute Gasteiger partial charge is 0.324 e. The van der Waals surface area contributed by atoms with Crippen LogP contribution in [-0.2, 0) is 6.54 Å². The van der Waals surface area contributed by atoms with Gasteiger partial charge in [-0.1, -0.05) is 11.6 Å². The number of fused-ring (bicyclic) bond motifs is 1. The monoisotopic (exact) mass is 251 g/mol. The van der Waals surface area contributed by atoms with Gasteiger partial charge in [0, 0.05) is 11.1 Å². The van der Waals surface area contributed by atoms with Crippen LogP contribution in [0.1, 0.15) is 25.7 Å². The van der Waals surface area contributed by atoms with Crippen molar-refractivity contribution >= 4 is 22.5 Å². The molecule has 0 fully saturated rings. The van der Waals surface area contributed by atoms with Gasteiger partial charge in [-0.25, -0.2) is 4.98 Å². The molecule has 0 aliphatic rings. The fraction of sp³-hybridized carbons (Fsp3) is 0.333. The second-order valence-electron chi connectivity index (χ2n) is 4.16. The topological polar surface area (TPSA) is 60.9 Å². The molecular formula is C12H14ClN3O. The lowest BCUT2D eigenvalue weighted by Gasteiger charge is -2.15. The van der Waals surface area contributed by atoms with Gasteiger partial charge in [-0.2, -0.15) is 0 Å². The predicted molar refractivity (Wildman–Crippen MR) is 69.3 cm³/mol. The van der Waals surface area contributed by atoms with E-state index in [0.29, 0.717) is 21.7 Å². The van der Waals surface area contributed by atoms with Crippen LogP contribution in [0.15, 0.2) is 23.0 Å². The van der Waals surface area contributed by atoms with Crippen LogP contribution >= 0.6 is 11.6 Å². The third kappa shape index (κ3) is 2.06. The van der Waals surface area contributed by atoms with Crippen molar-refractivity contribution < 1.29 is 0 Å². The van der Waals surface area contributed by atoms with Gasteiger partial charge in [0.15, 0.2) is 0 Å². The highest BCUT2D eigenvalue weighted by Crippen LogP contribution is 2.16. The van der Waals surface area contributed by atoms with Crippen molar-refractivity contribution in [1.29, 1.82) is 0 Å². The van der Waals surface area contributed by atoms with Gasteiger partial charge in [0.2, 0.25) is 0 Å². The molecule has 2 N–H and O–H groups in total. The second-order valence-corrected chi connectivity index (χ2v) is 4.60. The summed E-state index contributed by atoms with van der Waals surface area (Å²) in [5.41, 5.74) is 6.16. The van der Waals surface area contributed by atoms with Crippen LogP contribution in [0.2, 0.25) is 5.02 Å². The zero-order chi connectivity index (χ0) is 12.6.